The summed E-state index contributed by atoms with van der Waals surface area (Å²) in [5.74, 6) is 1.24. The first-order chi connectivity index (χ1) is 10.2. The van der Waals surface area contributed by atoms with E-state index in [0.717, 1.165) is 5.56 Å². The predicted octanol–water partition coefficient (Wildman–Crippen LogP) is 2.47. The quantitative estimate of drug-likeness (QED) is 0.937. The molecule has 0 fully saturated rings. The molecule has 104 valence electrons. The Morgan fingerprint density at radius 1 is 1.14 bits per heavy atom. The molecular weight excluding hydrogens is 268 g/mol. The summed E-state index contributed by atoms with van der Waals surface area (Å²) in [7, 11) is 0. The number of carbonyl (C=O) groups is 1. The Labute approximate surface area is 121 Å². The minimum atomic E-state index is -0.126. The highest BCUT2D eigenvalue weighted by Gasteiger charge is 2.14. The number of hydrogen-bond donors (Lipinski definition) is 1. The van der Waals surface area contributed by atoms with Crippen LogP contribution in [-0.2, 0) is 11.2 Å². The standard InChI is InChI=1S/C16H12N2O3/c17-9-11-1-4-13(5-2-11)18-16(19)8-12-3-6-14-15(7-12)21-10-20-14/h1-7H,8,10H2,(H,18,19). The smallest absolute Gasteiger partial charge is 0.231 e. The van der Waals surface area contributed by atoms with Crippen molar-refractivity contribution in [2.45, 2.75) is 6.42 Å². The first-order valence-corrected chi connectivity index (χ1v) is 6.43. The number of carbonyl (C=O) groups excluding carboxylic acids is 1. The van der Waals surface area contributed by atoms with Gasteiger partial charge in [0, 0.05) is 5.69 Å². The molecule has 0 spiro atoms. The molecule has 1 heterocycles. The number of hydrogen-bond acceptors (Lipinski definition) is 4. The third-order valence-electron chi connectivity index (χ3n) is 3.10. The zero-order valence-corrected chi connectivity index (χ0v) is 11.1. The van der Waals surface area contributed by atoms with Crippen LogP contribution in [0.3, 0.4) is 0 Å². The molecule has 0 unspecified atom stereocenters. The van der Waals surface area contributed by atoms with Crippen LogP contribution in [0.15, 0.2) is 42.5 Å². The lowest BCUT2D eigenvalue weighted by molar-refractivity contribution is -0.115. The molecule has 1 N–H and O–H groups in total. The van der Waals surface area contributed by atoms with Crippen LogP contribution in [0.1, 0.15) is 11.1 Å². The Hall–Kier alpha value is -3.00. The van der Waals surface area contributed by atoms with E-state index in [1.54, 1.807) is 36.4 Å². The monoisotopic (exact) mass is 280 g/mol. The summed E-state index contributed by atoms with van der Waals surface area (Å²) in [4.78, 5) is 12.0. The van der Waals surface area contributed by atoms with E-state index in [4.69, 9.17) is 14.7 Å². The van der Waals surface area contributed by atoms with Crippen LogP contribution in [0.25, 0.3) is 0 Å². The zero-order valence-electron chi connectivity index (χ0n) is 11.1. The number of fused-ring (bicyclic) bond motifs is 1. The van der Waals surface area contributed by atoms with Crippen molar-refractivity contribution in [2.75, 3.05) is 12.1 Å². The molecule has 2 aromatic carbocycles. The molecule has 5 heteroatoms. The van der Waals surface area contributed by atoms with E-state index in [1.165, 1.54) is 0 Å². The number of anilines is 1. The fourth-order valence-corrected chi connectivity index (χ4v) is 2.07. The lowest BCUT2D eigenvalue weighted by Crippen LogP contribution is -2.14. The van der Waals surface area contributed by atoms with Crippen LogP contribution in [0.4, 0.5) is 5.69 Å². The molecule has 0 aromatic heterocycles. The molecule has 1 amide bonds. The highest BCUT2D eigenvalue weighted by atomic mass is 16.7. The van der Waals surface area contributed by atoms with Gasteiger partial charge in [0.25, 0.3) is 0 Å². The van der Waals surface area contributed by atoms with Crippen LogP contribution in [0, 0.1) is 11.3 Å². The number of nitriles is 1. The van der Waals surface area contributed by atoms with Crippen LogP contribution >= 0.6 is 0 Å². The van der Waals surface area contributed by atoms with E-state index < -0.39 is 0 Å². The summed E-state index contributed by atoms with van der Waals surface area (Å²) >= 11 is 0. The summed E-state index contributed by atoms with van der Waals surface area (Å²) < 4.78 is 10.5. The van der Waals surface area contributed by atoms with E-state index in [2.05, 4.69) is 5.32 Å². The van der Waals surface area contributed by atoms with E-state index in [0.29, 0.717) is 22.7 Å². The second-order valence-corrected chi connectivity index (χ2v) is 4.60. The summed E-state index contributed by atoms with van der Waals surface area (Å²) in [5, 5.41) is 11.5. The Morgan fingerprint density at radius 3 is 2.67 bits per heavy atom. The van der Waals surface area contributed by atoms with Gasteiger partial charge in [0.05, 0.1) is 18.1 Å². The third-order valence-corrected chi connectivity index (χ3v) is 3.10. The molecule has 1 aliphatic rings. The SMILES string of the molecule is N#Cc1ccc(NC(=O)Cc2ccc3c(c2)OCO3)cc1. The highest BCUT2D eigenvalue weighted by Crippen LogP contribution is 2.32. The van der Waals surface area contributed by atoms with Crippen molar-refractivity contribution in [3.05, 3.63) is 53.6 Å². The second kappa shape index (κ2) is 5.55. The van der Waals surface area contributed by atoms with Gasteiger partial charge in [0.1, 0.15) is 0 Å². The van der Waals surface area contributed by atoms with Gasteiger partial charge in [-0.25, -0.2) is 0 Å². The number of nitrogens with zero attached hydrogens (tertiary/aromatic N) is 1. The van der Waals surface area contributed by atoms with Gasteiger partial charge in [-0.2, -0.15) is 5.26 Å². The lowest BCUT2D eigenvalue weighted by Gasteiger charge is -2.06. The van der Waals surface area contributed by atoms with Gasteiger partial charge >= 0.3 is 0 Å². The third kappa shape index (κ3) is 2.95. The Kier molecular flexibility index (Phi) is 3.44. The molecule has 0 radical (unpaired) electrons. The highest BCUT2D eigenvalue weighted by molar-refractivity contribution is 5.92. The summed E-state index contributed by atoms with van der Waals surface area (Å²) in [6.45, 7) is 0.218. The summed E-state index contributed by atoms with van der Waals surface area (Å²) in [5.41, 5.74) is 2.08. The second-order valence-electron chi connectivity index (χ2n) is 4.60. The van der Waals surface area contributed by atoms with Crippen LogP contribution in [0.2, 0.25) is 0 Å². The number of ether oxygens (including phenoxy) is 2. The van der Waals surface area contributed by atoms with Crippen molar-refractivity contribution >= 4 is 11.6 Å². The van der Waals surface area contributed by atoms with Crippen molar-refractivity contribution in [1.82, 2.24) is 0 Å². The van der Waals surface area contributed by atoms with Gasteiger partial charge in [0.2, 0.25) is 12.7 Å². The molecule has 2 aromatic rings. The fourth-order valence-electron chi connectivity index (χ4n) is 2.07. The average molecular weight is 280 g/mol. The Balaban J connectivity index is 1.64. The lowest BCUT2D eigenvalue weighted by atomic mass is 10.1. The van der Waals surface area contributed by atoms with Crippen molar-refractivity contribution in [2.24, 2.45) is 0 Å². The van der Waals surface area contributed by atoms with Gasteiger partial charge in [-0.3, -0.25) is 4.79 Å². The zero-order chi connectivity index (χ0) is 14.7. The maximum absolute atomic E-state index is 12.0. The van der Waals surface area contributed by atoms with Crippen LogP contribution < -0.4 is 14.8 Å². The Morgan fingerprint density at radius 2 is 1.90 bits per heavy atom. The van der Waals surface area contributed by atoms with Gasteiger partial charge in [-0.1, -0.05) is 6.07 Å². The molecule has 21 heavy (non-hydrogen) atoms. The normalized spacial score (nSPS) is 11.8. The molecule has 0 saturated carbocycles. The van der Waals surface area contributed by atoms with Gasteiger partial charge < -0.3 is 14.8 Å². The van der Waals surface area contributed by atoms with Crippen molar-refractivity contribution in [1.29, 1.82) is 5.26 Å². The predicted molar refractivity (Wildman–Crippen MR) is 76.1 cm³/mol. The number of rotatable bonds is 3. The van der Waals surface area contributed by atoms with E-state index in [9.17, 15) is 4.79 Å². The molecule has 0 atom stereocenters. The van der Waals surface area contributed by atoms with Crippen molar-refractivity contribution in [3.8, 4) is 17.6 Å². The first kappa shape index (κ1) is 13.0. The molecule has 1 aliphatic heterocycles. The van der Waals surface area contributed by atoms with Crippen molar-refractivity contribution in [3.63, 3.8) is 0 Å². The molecule has 0 saturated heterocycles. The van der Waals surface area contributed by atoms with E-state index in [-0.39, 0.29) is 19.1 Å². The van der Waals surface area contributed by atoms with E-state index in [1.807, 2.05) is 12.1 Å². The van der Waals surface area contributed by atoms with Gasteiger partial charge in [-0.05, 0) is 42.0 Å². The number of benzene rings is 2. The summed E-state index contributed by atoms with van der Waals surface area (Å²) in [6.07, 6.45) is 0.247. The minimum absolute atomic E-state index is 0.126. The fraction of sp³-hybridized carbons (Fsp3) is 0.125. The maximum atomic E-state index is 12.0. The average Bonchev–Trinajstić information content (AvgIpc) is 2.95. The van der Waals surface area contributed by atoms with E-state index >= 15 is 0 Å². The van der Waals surface area contributed by atoms with Crippen LogP contribution in [-0.4, -0.2) is 12.7 Å². The maximum Gasteiger partial charge on any atom is 0.231 e. The minimum Gasteiger partial charge on any atom is -0.454 e. The van der Waals surface area contributed by atoms with Gasteiger partial charge in [-0.15, -0.1) is 0 Å². The van der Waals surface area contributed by atoms with Crippen molar-refractivity contribution < 1.29 is 14.3 Å². The first-order valence-electron chi connectivity index (χ1n) is 6.43. The molecular formula is C16H12N2O3. The van der Waals surface area contributed by atoms with Gasteiger partial charge in [0.15, 0.2) is 11.5 Å². The molecule has 5 nitrogen and oxygen atoms in total. The summed E-state index contributed by atoms with van der Waals surface area (Å²) in [6, 6.07) is 14.2. The number of nitrogens with one attached hydrogen (secondary N) is 1. The largest absolute Gasteiger partial charge is 0.454 e. The molecule has 3 rings (SSSR count). The number of amides is 1. The topological polar surface area (TPSA) is 71.4 Å². The molecule has 0 bridgehead atoms. The van der Waals surface area contributed by atoms with Crippen LogP contribution in [0.5, 0.6) is 11.5 Å². The molecule has 0 aliphatic carbocycles. The Bertz CT molecular complexity index is 717.